The van der Waals surface area contributed by atoms with Gasteiger partial charge in [-0.15, -0.1) is 0 Å². The second kappa shape index (κ2) is 4.41. The maximum absolute atomic E-state index is 11.0. The Kier molecular flexibility index (Phi) is 3.23. The normalized spacial score (nSPS) is 9.29. The van der Waals surface area contributed by atoms with Gasteiger partial charge >= 0.3 is 12.6 Å². The number of ether oxygens (including phenoxy) is 1. The van der Waals surface area contributed by atoms with E-state index in [0.29, 0.717) is 5.69 Å². The molecule has 0 aliphatic rings. The summed E-state index contributed by atoms with van der Waals surface area (Å²) in [6.45, 7) is 3.83. The zero-order valence-electron chi connectivity index (χ0n) is 8.03. The molecule has 0 heterocycles. The lowest BCUT2D eigenvalue weighted by Gasteiger charge is -2.09. The number of amides is 1. The third-order valence-electron chi connectivity index (χ3n) is 1.86. The van der Waals surface area contributed by atoms with Crippen LogP contribution in [0.15, 0.2) is 18.2 Å². The first-order valence-corrected chi connectivity index (χ1v) is 4.12. The van der Waals surface area contributed by atoms with Crippen LogP contribution in [0.25, 0.3) is 0 Å². The first-order chi connectivity index (χ1) is 6.65. The first kappa shape index (κ1) is 10.2. The molecule has 0 bridgehead atoms. The summed E-state index contributed by atoms with van der Waals surface area (Å²) in [6, 6.07) is 5.62. The summed E-state index contributed by atoms with van der Waals surface area (Å²) in [5.41, 5.74) is 2.53. The zero-order valence-corrected chi connectivity index (χ0v) is 8.03. The molecule has 14 heavy (non-hydrogen) atoms. The van der Waals surface area contributed by atoms with E-state index in [1.807, 2.05) is 32.0 Å². The molecule has 0 unspecified atom stereocenters. The Balaban J connectivity index is 2.85. The molecule has 1 amide bonds. The van der Waals surface area contributed by atoms with E-state index in [1.54, 1.807) is 0 Å². The largest absolute Gasteiger partial charge is 0.419 e. The van der Waals surface area contributed by atoms with Gasteiger partial charge in [0.2, 0.25) is 0 Å². The number of benzene rings is 1. The van der Waals surface area contributed by atoms with Crippen molar-refractivity contribution in [2.24, 2.45) is 0 Å². The molecule has 0 aliphatic heterocycles. The number of hydrogen-bond donors (Lipinski definition) is 1. The summed E-state index contributed by atoms with van der Waals surface area (Å²) in [5.74, 6) is 0. The fourth-order valence-corrected chi connectivity index (χ4v) is 1.19. The SMILES string of the molecule is Cc1cccc(C)c1NC(=O)OC=O. The molecule has 0 radical (unpaired) electrons. The van der Waals surface area contributed by atoms with Crippen LogP contribution in [-0.4, -0.2) is 12.6 Å². The Bertz CT molecular complexity index is 340. The lowest BCUT2D eigenvalue weighted by molar-refractivity contribution is -0.122. The topological polar surface area (TPSA) is 55.4 Å². The summed E-state index contributed by atoms with van der Waals surface area (Å²) in [4.78, 5) is 20.8. The number of hydrogen-bond acceptors (Lipinski definition) is 3. The molecule has 0 fully saturated rings. The fourth-order valence-electron chi connectivity index (χ4n) is 1.19. The van der Waals surface area contributed by atoms with E-state index in [1.165, 1.54) is 0 Å². The third kappa shape index (κ3) is 2.32. The molecule has 0 saturated heterocycles. The summed E-state index contributed by atoms with van der Waals surface area (Å²) in [5, 5.41) is 2.49. The lowest BCUT2D eigenvalue weighted by Crippen LogP contribution is -2.14. The predicted octanol–water partition coefficient (Wildman–Crippen LogP) is 2.01. The second-order valence-electron chi connectivity index (χ2n) is 2.89. The van der Waals surface area contributed by atoms with E-state index in [-0.39, 0.29) is 6.47 Å². The van der Waals surface area contributed by atoms with E-state index in [9.17, 15) is 9.59 Å². The molecular weight excluding hydrogens is 182 g/mol. The number of nitrogens with one attached hydrogen (secondary N) is 1. The molecule has 1 aromatic carbocycles. The second-order valence-corrected chi connectivity index (χ2v) is 2.89. The van der Waals surface area contributed by atoms with Gasteiger partial charge in [0.1, 0.15) is 0 Å². The quantitative estimate of drug-likeness (QED) is 0.577. The highest BCUT2D eigenvalue weighted by molar-refractivity contribution is 5.90. The van der Waals surface area contributed by atoms with Crippen LogP contribution in [0, 0.1) is 13.8 Å². The molecule has 4 heteroatoms. The Morgan fingerprint density at radius 1 is 1.36 bits per heavy atom. The van der Waals surface area contributed by atoms with Crippen molar-refractivity contribution < 1.29 is 14.3 Å². The van der Waals surface area contributed by atoms with Gasteiger partial charge in [0, 0.05) is 5.69 Å². The van der Waals surface area contributed by atoms with Crippen LogP contribution in [0.4, 0.5) is 10.5 Å². The van der Waals surface area contributed by atoms with Crippen LogP contribution in [0.2, 0.25) is 0 Å². The van der Waals surface area contributed by atoms with E-state index >= 15 is 0 Å². The Hall–Kier alpha value is -1.84. The molecule has 0 aromatic heterocycles. The predicted molar refractivity (Wildman–Crippen MR) is 52.1 cm³/mol. The minimum Gasteiger partial charge on any atom is -0.378 e. The van der Waals surface area contributed by atoms with Gasteiger partial charge in [-0.2, -0.15) is 0 Å². The molecule has 0 aliphatic carbocycles. The lowest BCUT2D eigenvalue weighted by atomic mass is 10.1. The maximum Gasteiger partial charge on any atom is 0.419 e. The van der Waals surface area contributed by atoms with Crippen molar-refractivity contribution in [2.45, 2.75) is 13.8 Å². The number of carbonyl (C=O) groups excluding carboxylic acids is 2. The summed E-state index contributed by atoms with van der Waals surface area (Å²) < 4.78 is 4.13. The van der Waals surface area contributed by atoms with Crippen LogP contribution in [-0.2, 0) is 9.53 Å². The van der Waals surface area contributed by atoms with Crippen LogP contribution >= 0.6 is 0 Å². The van der Waals surface area contributed by atoms with Crippen molar-refractivity contribution in [3.63, 3.8) is 0 Å². The van der Waals surface area contributed by atoms with Crippen molar-refractivity contribution in [1.82, 2.24) is 0 Å². The Labute approximate surface area is 81.9 Å². The Morgan fingerprint density at radius 3 is 2.43 bits per heavy atom. The third-order valence-corrected chi connectivity index (χ3v) is 1.86. The fraction of sp³-hybridized carbons (Fsp3) is 0.200. The highest BCUT2D eigenvalue weighted by Crippen LogP contribution is 2.19. The summed E-state index contributed by atoms with van der Waals surface area (Å²) in [7, 11) is 0. The molecule has 0 saturated carbocycles. The van der Waals surface area contributed by atoms with Crippen molar-refractivity contribution in [3.05, 3.63) is 29.3 Å². The highest BCUT2D eigenvalue weighted by Gasteiger charge is 2.06. The van der Waals surface area contributed by atoms with Gasteiger partial charge in [0.05, 0.1) is 0 Å². The van der Waals surface area contributed by atoms with Crippen LogP contribution in [0.1, 0.15) is 11.1 Å². The average Bonchev–Trinajstić information content (AvgIpc) is 2.12. The first-order valence-electron chi connectivity index (χ1n) is 4.12. The van der Waals surface area contributed by atoms with E-state index in [0.717, 1.165) is 11.1 Å². The van der Waals surface area contributed by atoms with Gasteiger partial charge in [-0.05, 0) is 25.0 Å². The van der Waals surface area contributed by atoms with Crippen molar-refractivity contribution in [3.8, 4) is 0 Å². The van der Waals surface area contributed by atoms with E-state index in [4.69, 9.17) is 0 Å². The van der Waals surface area contributed by atoms with Crippen LogP contribution in [0.3, 0.4) is 0 Å². The van der Waals surface area contributed by atoms with Crippen LogP contribution < -0.4 is 5.32 Å². The molecule has 1 rings (SSSR count). The van der Waals surface area contributed by atoms with Gasteiger partial charge in [0.25, 0.3) is 0 Å². The van der Waals surface area contributed by atoms with Gasteiger partial charge < -0.3 is 4.74 Å². The smallest absolute Gasteiger partial charge is 0.378 e. The van der Waals surface area contributed by atoms with Gasteiger partial charge in [-0.3, -0.25) is 10.1 Å². The molecule has 0 spiro atoms. The van der Waals surface area contributed by atoms with Crippen molar-refractivity contribution >= 4 is 18.3 Å². The van der Waals surface area contributed by atoms with Crippen molar-refractivity contribution in [1.29, 1.82) is 0 Å². The average molecular weight is 193 g/mol. The summed E-state index contributed by atoms with van der Waals surface area (Å²) in [6.07, 6.45) is -0.766. The van der Waals surface area contributed by atoms with Crippen LogP contribution in [0.5, 0.6) is 0 Å². The minimum atomic E-state index is -0.766. The highest BCUT2D eigenvalue weighted by atomic mass is 16.6. The number of anilines is 1. The van der Waals surface area contributed by atoms with Gasteiger partial charge in [-0.25, -0.2) is 4.79 Å². The number of aryl methyl sites for hydroxylation is 2. The maximum atomic E-state index is 11.0. The monoisotopic (exact) mass is 193 g/mol. The van der Waals surface area contributed by atoms with E-state index in [2.05, 4.69) is 10.1 Å². The number of carbonyl (C=O) groups is 2. The zero-order chi connectivity index (χ0) is 10.6. The Morgan fingerprint density at radius 2 is 1.93 bits per heavy atom. The number of para-hydroxylation sites is 1. The molecule has 4 nitrogen and oxygen atoms in total. The molecule has 0 atom stereocenters. The molecule has 1 aromatic rings. The standard InChI is InChI=1S/C10H11NO3/c1-7-4-3-5-8(2)9(7)11-10(13)14-6-12/h3-6H,1-2H3,(H,11,13). The van der Waals surface area contributed by atoms with Gasteiger partial charge in [-0.1, -0.05) is 18.2 Å². The summed E-state index contributed by atoms with van der Waals surface area (Å²) >= 11 is 0. The minimum absolute atomic E-state index is 0.100. The van der Waals surface area contributed by atoms with E-state index < -0.39 is 6.09 Å². The molecular formula is C10H11NO3. The van der Waals surface area contributed by atoms with Crippen molar-refractivity contribution in [2.75, 3.05) is 5.32 Å². The molecule has 74 valence electrons. The molecule has 1 N–H and O–H groups in total. The van der Waals surface area contributed by atoms with Gasteiger partial charge in [0.15, 0.2) is 0 Å². The number of rotatable bonds is 2.